The van der Waals surface area contributed by atoms with Gasteiger partial charge in [0.15, 0.2) is 0 Å². The Balaban J connectivity index is 1.81. The molecule has 444 valence electrons. The fraction of sp³-hybridized carbons (Fsp3) is 0.895. The van der Waals surface area contributed by atoms with Gasteiger partial charge in [-0.2, -0.15) is 0 Å². The summed E-state index contributed by atoms with van der Waals surface area (Å²) in [6, 6.07) is 6.81. The Morgan fingerprint density at radius 3 is 0.707 bits per heavy atom. The van der Waals surface area contributed by atoms with Crippen LogP contribution < -0.4 is 4.74 Å². The first-order valence-corrected chi connectivity index (χ1v) is 27.6. The van der Waals surface area contributed by atoms with Gasteiger partial charge in [0, 0.05) is 12.7 Å². The van der Waals surface area contributed by atoms with Crippen molar-refractivity contribution >= 4 is 0 Å². The monoisotopic (exact) mass is 1080 g/mol. The van der Waals surface area contributed by atoms with Crippen molar-refractivity contribution in [3.63, 3.8) is 0 Å². The summed E-state index contributed by atoms with van der Waals surface area (Å²) in [6.07, 6.45) is 2.15. The van der Waals surface area contributed by atoms with Crippen LogP contribution in [0.25, 0.3) is 0 Å². The van der Waals surface area contributed by atoms with Crippen LogP contribution in [0.5, 0.6) is 5.75 Å². The number of ether oxygens (including phenoxy) is 18. The molecule has 0 aliphatic heterocycles. The minimum atomic E-state index is -0.0470. The van der Waals surface area contributed by atoms with Crippen LogP contribution in [-0.4, -0.2) is 232 Å². The highest BCUT2D eigenvalue weighted by Gasteiger charge is 2.33. The second-order valence-corrected chi connectivity index (χ2v) is 21.6. The van der Waals surface area contributed by atoms with E-state index in [0.717, 1.165) is 18.6 Å². The lowest BCUT2D eigenvalue weighted by molar-refractivity contribution is -0.0306. The smallest absolute Gasteiger partial charge is 0.123 e. The molecule has 0 fully saturated rings. The Hall–Kier alpha value is -1.66. The third-order valence-corrected chi connectivity index (χ3v) is 10.9. The number of hydrogen-bond donors (Lipinski definition) is 0. The van der Waals surface area contributed by atoms with Crippen molar-refractivity contribution in [3.8, 4) is 5.75 Å². The molecule has 0 bridgehead atoms. The standard InChI is InChI=1S/C57H108O18/c1-54(2,3)49-56(7,8)51-12-13-53(52(48-51)57(9,10)50-55(4,5)6)75-47-46-74-45-44-73-43-42-72-41-40-71-39-38-70-37-36-69-35-34-68-33-32-67-31-30-66-29-28-65-27-26-64-25-24-63-23-22-62-21-20-61-19-18-60-17-16-59-15-14-58-11/h12-13,48H,14-47,49-50H2,1-11H3. The molecule has 0 saturated heterocycles. The maximum absolute atomic E-state index is 6.36. The molecule has 0 N–H and O–H groups in total. The van der Waals surface area contributed by atoms with Crippen LogP contribution >= 0.6 is 0 Å². The van der Waals surface area contributed by atoms with Crippen molar-refractivity contribution in [2.45, 2.75) is 92.9 Å². The fourth-order valence-corrected chi connectivity index (χ4v) is 8.21. The number of methoxy groups -OCH3 is 1. The maximum Gasteiger partial charge on any atom is 0.123 e. The van der Waals surface area contributed by atoms with Crippen LogP contribution in [0.1, 0.15) is 93.2 Å². The van der Waals surface area contributed by atoms with E-state index < -0.39 is 0 Å². The van der Waals surface area contributed by atoms with Crippen molar-refractivity contribution in [2.75, 3.05) is 232 Å². The molecule has 0 atom stereocenters. The third-order valence-electron chi connectivity index (χ3n) is 10.9. The van der Waals surface area contributed by atoms with Gasteiger partial charge in [-0.15, -0.1) is 0 Å². The molecule has 0 aliphatic carbocycles. The molecule has 0 aliphatic rings. The molecule has 18 nitrogen and oxygen atoms in total. The van der Waals surface area contributed by atoms with Crippen LogP contribution in [0.3, 0.4) is 0 Å². The first-order valence-electron chi connectivity index (χ1n) is 27.6. The fourth-order valence-electron chi connectivity index (χ4n) is 8.21. The van der Waals surface area contributed by atoms with Gasteiger partial charge >= 0.3 is 0 Å². The van der Waals surface area contributed by atoms with Crippen LogP contribution in [0.15, 0.2) is 18.2 Å². The van der Waals surface area contributed by atoms with Gasteiger partial charge in [0.05, 0.1) is 218 Å². The molecular formula is C57H108O18. The molecule has 0 aromatic heterocycles. The van der Waals surface area contributed by atoms with Gasteiger partial charge in [-0.3, -0.25) is 0 Å². The Morgan fingerprint density at radius 2 is 0.480 bits per heavy atom. The van der Waals surface area contributed by atoms with E-state index in [0.29, 0.717) is 225 Å². The summed E-state index contributed by atoms with van der Waals surface area (Å²) < 4.78 is 99.9. The SMILES string of the molecule is COCCOCCOCCOCCOCCOCCOCCOCCOCCOCCOCCOCCOCCOCCOCCOCCOCCOc1ccc(C(C)(C)CC(C)(C)C)cc1C(C)(C)CC(C)(C)C. The number of hydrogen-bond acceptors (Lipinski definition) is 18. The molecule has 0 radical (unpaired) electrons. The number of benzene rings is 1. The third kappa shape index (κ3) is 45.9. The van der Waals surface area contributed by atoms with Gasteiger partial charge in [-0.1, -0.05) is 81.4 Å². The molecule has 1 aromatic rings. The summed E-state index contributed by atoms with van der Waals surface area (Å²) in [6.45, 7) is 40.5. The molecule has 0 amide bonds. The minimum Gasteiger partial charge on any atom is -0.491 e. The predicted molar refractivity (Wildman–Crippen MR) is 291 cm³/mol. The predicted octanol–water partition coefficient (Wildman–Crippen LogP) is 7.41. The Kier molecular flexibility index (Phi) is 44.9. The largest absolute Gasteiger partial charge is 0.491 e. The van der Waals surface area contributed by atoms with E-state index >= 15 is 0 Å². The molecule has 0 unspecified atom stereocenters. The topological polar surface area (TPSA) is 166 Å². The quantitative estimate of drug-likeness (QED) is 0.0592. The zero-order valence-corrected chi connectivity index (χ0v) is 49.0. The highest BCUT2D eigenvalue weighted by molar-refractivity contribution is 5.44. The van der Waals surface area contributed by atoms with Crippen LogP contribution in [-0.2, 0) is 91.4 Å². The van der Waals surface area contributed by atoms with E-state index in [1.54, 1.807) is 7.11 Å². The average molecular weight is 1080 g/mol. The van der Waals surface area contributed by atoms with E-state index in [-0.39, 0.29) is 21.7 Å². The Bertz CT molecular complexity index is 1390. The molecule has 0 spiro atoms. The second-order valence-electron chi connectivity index (χ2n) is 21.6. The van der Waals surface area contributed by atoms with Crippen molar-refractivity contribution in [1.82, 2.24) is 0 Å². The molecule has 1 aromatic carbocycles. The molecule has 18 heteroatoms. The summed E-state index contributed by atoms with van der Waals surface area (Å²) in [5.41, 5.74) is 3.06. The van der Waals surface area contributed by atoms with Gasteiger partial charge in [0.2, 0.25) is 0 Å². The van der Waals surface area contributed by atoms with Crippen molar-refractivity contribution < 1.29 is 85.3 Å². The average Bonchev–Trinajstić information content (AvgIpc) is 3.34. The lowest BCUT2D eigenvalue weighted by Crippen LogP contribution is -2.28. The molecule has 1 rings (SSSR count). The molecular weight excluding hydrogens is 973 g/mol. The van der Waals surface area contributed by atoms with Gasteiger partial charge in [0.1, 0.15) is 12.4 Å². The number of rotatable bonds is 56. The van der Waals surface area contributed by atoms with E-state index in [1.807, 2.05) is 0 Å². The highest BCUT2D eigenvalue weighted by atomic mass is 16.6. The van der Waals surface area contributed by atoms with Crippen molar-refractivity contribution in [1.29, 1.82) is 0 Å². The van der Waals surface area contributed by atoms with E-state index in [9.17, 15) is 0 Å². The zero-order valence-electron chi connectivity index (χ0n) is 49.0. The molecule has 0 saturated carbocycles. The lowest BCUT2D eigenvalue weighted by Gasteiger charge is -2.37. The van der Waals surface area contributed by atoms with Crippen LogP contribution in [0.2, 0.25) is 0 Å². The second kappa shape index (κ2) is 47.2. The van der Waals surface area contributed by atoms with Gasteiger partial charge < -0.3 is 85.3 Å². The van der Waals surface area contributed by atoms with Crippen molar-refractivity contribution in [3.05, 3.63) is 29.3 Å². The summed E-state index contributed by atoms with van der Waals surface area (Å²) in [4.78, 5) is 0. The van der Waals surface area contributed by atoms with E-state index in [1.165, 1.54) is 11.1 Å². The molecule has 0 heterocycles. The molecule has 75 heavy (non-hydrogen) atoms. The highest BCUT2D eigenvalue weighted by Crippen LogP contribution is 2.44. The first-order chi connectivity index (χ1) is 36.1. The summed E-state index contributed by atoms with van der Waals surface area (Å²) in [5.74, 6) is 0.944. The first kappa shape index (κ1) is 71.4. The van der Waals surface area contributed by atoms with Gasteiger partial charge in [0.25, 0.3) is 0 Å². The zero-order chi connectivity index (χ0) is 55.0. The van der Waals surface area contributed by atoms with Crippen molar-refractivity contribution in [2.24, 2.45) is 10.8 Å². The summed E-state index contributed by atoms with van der Waals surface area (Å²) >= 11 is 0. The Morgan fingerprint density at radius 1 is 0.267 bits per heavy atom. The normalized spacial score (nSPS) is 12.6. The van der Waals surface area contributed by atoms with Gasteiger partial charge in [-0.05, 0) is 46.1 Å². The van der Waals surface area contributed by atoms with Gasteiger partial charge in [-0.25, -0.2) is 0 Å². The maximum atomic E-state index is 6.36. The van der Waals surface area contributed by atoms with Crippen LogP contribution in [0.4, 0.5) is 0 Å². The van der Waals surface area contributed by atoms with Crippen LogP contribution in [0, 0.1) is 10.8 Å². The summed E-state index contributed by atoms with van der Waals surface area (Å²) in [5, 5.41) is 0. The Labute approximate surface area is 454 Å². The summed E-state index contributed by atoms with van der Waals surface area (Å²) in [7, 11) is 1.65. The lowest BCUT2D eigenvalue weighted by atomic mass is 9.68. The van der Waals surface area contributed by atoms with E-state index in [4.69, 9.17) is 85.3 Å². The minimum absolute atomic E-state index is 0.0470. The van der Waals surface area contributed by atoms with E-state index in [2.05, 4.69) is 87.4 Å².